The summed E-state index contributed by atoms with van der Waals surface area (Å²) in [6, 6.07) is 21.9. The Morgan fingerprint density at radius 1 is 0.667 bits per heavy atom. The molecule has 0 unspecified atom stereocenters. The molecule has 0 saturated heterocycles. The average Bonchev–Trinajstić information content (AvgIpc) is 2.30. The molecule has 0 bridgehead atoms. The van der Waals surface area contributed by atoms with Gasteiger partial charge in [0, 0.05) is 0 Å². The van der Waals surface area contributed by atoms with Crippen molar-refractivity contribution >= 4 is 43.1 Å². The first kappa shape index (κ1) is 15.5. The molecule has 0 aliphatic heterocycles. The molecule has 0 fully saturated rings. The molecule has 0 aliphatic carbocycles. The summed E-state index contributed by atoms with van der Waals surface area (Å²) in [7, 11) is -0.715. The van der Waals surface area contributed by atoms with Crippen molar-refractivity contribution in [2.75, 3.05) is 0 Å². The maximum atomic E-state index is 2.35. The zero-order valence-electron chi connectivity index (χ0n) is 11.4. The van der Waals surface area contributed by atoms with Gasteiger partial charge in [0.2, 0.25) is 0 Å². The van der Waals surface area contributed by atoms with Crippen molar-refractivity contribution in [1.82, 2.24) is 0 Å². The molecule has 2 heteroatoms. The van der Waals surface area contributed by atoms with E-state index in [1.165, 1.54) is 10.4 Å². The molecular weight excluding hydrogens is 339 g/mol. The van der Waals surface area contributed by atoms with Crippen molar-refractivity contribution in [3.63, 3.8) is 0 Å². The van der Waals surface area contributed by atoms with Gasteiger partial charge in [0.15, 0.2) is 0 Å². The quantitative estimate of drug-likeness (QED) is 0.723. The Bertz CT molecular complexity index is 420. The van der Waals surface area contributed by atoms with E-state index < -0.39 is 8.80 Å². The van der Waals surface area contributed by atoms with E-state index in [-0.39, 0.29) is 23.9 Å². The Morgan fingerprint density at radius 2 is 1.00 bits per heavy atom. The van der Waals surface area contributed by atoms with E-state index in [0.717, 1.165) is 0 Å². The van der Waals surface area contributed by atoms with E-state index in [0.29, 0.717) is 5.04 Å². The van der Waals surface area contributed by atoms with Crippen LogP contribution >= 0.6 is 0 Å². The first-order chi connectivity index (χ1) is 8.09. The van der Waals surface area contributed by atoms with Gasteiger partial charge in [-0.3, -0.25) is 0 Å². The van der Waals surface area contributed by atoms with Crippen molar-refractivity contribution in [1.29, 1.82) is 0 Å². The summed E-state index contributed by atoms with van der Waals surface area (Å²) in [6.07, 6.45) is 0. The van der Waals surface area contributed by atoms with Crippen LogP contribution in [0.15, 0.2) is 60.7 Å². The third kappa shape index (κ3) is 3.72. The Kier molecular flexibility index (Phi) is 5.66. The van der Waals surface area contributed by atoms with Gasteiger partial charge in [-0.15, -0.1) is 0 Å². The second kappa shape index (κ2) is 6.57. The fourth-order valence-electron chi connectivity index (χ4n) is 2.24. The van der Waals surface area contributed by atoms with E-state index in [1.54, 1.807) is 0 Å². The molecule has 0 nitrogen and oxygen atoms in total. The number of hydrogen-bond acceptors (Lipinski definition) is 0. The Morgan fingerprint density at radius 3 is 1.28 bits per heavy atom. The number of rotatable bonds is 2. The normalized spacial score (nSPS) is 11.1. The van der Waals surface area contributed by atoms with E-state index >= 15 is 0 Å². The predicted octanol–water partition coefficient (Wildman–Crippen LogP) is 2.45. The molecule has 0 N–H and O–H groups in total. The first-order valence-electron chi connectivity index (χ1n) is 6.07. The molecule has 92 valence electrons. The molecular formula is C16H20SiSn. The van der Waals surface area contributed by atoms with Crippen molar-refractivity contribution in [3.8, 4) is 0 Å². The summed E-state index contributed by atoms with van der Waals surface area (Å²) in [5.41, 5.74) is 0. The van der Waals surface area contributed by atoms with Crippen LogP contribution in [0.1, 0.15) is 20.8 Å². The summed E-state index contributed by atoms with van der Waals surface area (Å²) < 4.78 is 0. The maximum absolute atomic E-state index is 2.35. The third-order valence-electron chi connectivity index (χ3n) is 2.87. The standard InChI is InChI=1S/C16H19Si.Sn.H/c1-16(2,3)17(14-10-6-4-7-11-14)15-12-8-5-9-13-15;;/h4-13H,1-3H3;;. The molecule has 0 heterocycles. The van der Waals surface area contributed by atoms with Gasteiger partial charge in [-0.1, -0.05) is 91.8 Å². The average molecular weight is 359 g/mol. The molecule has 2 aromatic carbocycles. The van der Waals surface area contributed by atoms with Crippen LogP contribution in [0.25, 0.3) is 0 Å². The van der Waals surface area contributed by atoms with Crippen LogP contribution in [-0.2, 0) is 0 Å². The summed E-state index contributed by atoms with van der Waals surface area (Å²) in [6.45, 7) is 7.05. The van der Waals surface area contributed by atoms with Crippen molar-refractivity contribution in [2.45, 2.75) is 25.8 Å². The van der Waals surface area contributed by atoms with Crippen molar-refractivity contribution in [2.24, 2.45) is 0 Å². The zero-order chi connectivity index (χ0) is 12.3. The van der Waals surface area contributed by atoms with E-state index in [2.05, 4.69) is 81.4 Å². The summed E-state index contributed by atoms with van der Waals surface area (Å²) in [5, 5.41) is 3.32. The van der Waals surface area contributed by atoms with Crippen LogP contribution in [0.3, 0.4) is 0 Å². The predicted molar refractivity (Wildman–Crippen MR) is 84.8 cm³/mol. The zero-order valence-corrected chi connectivity index (χ0v) is 15.6. The number of benzene rings is 2. The molecule has 0 spiro atoms. The second-order valence-electron chi connectivity index (χ2n) is 5.36. The summed E-state index contributed by atoms with van der Waals surface area (Å²) in [4.78, 5) is 0. The molecule has 0 aliphatic rings. The fraction of sp³-hybridized carbons (Fsp3) is 0.250. The third-order valence-corrected chi connectivity index (χ3v) is 6.20. The van der Waals surface area contributed by atoms with Gasteiger partial charge in [-0.2, -0.15) is 0 Å². The molecule has 0 atom stereocenters. The van der Waals surface area contributed by atoms with E-state index in [9.17, 15) is 0 Å². The van der Waals surface area contributed by atoms with E-state index in [1.807, 2.05) is 0 Å². The molecule has 2 aromatic rings. The van der Waals surface area contributed by atoms with Crippen LogP contribution < -0.4 is 10.4 Å². The molecule has 0 saturated carbocycles. The van der Waals surface area contributed by atoms with Crippen LogP contribution in [0, 0.1) is 0 Å². The van der Waals surface area contributed by atoms with Crippen LogP contribution in [0.4, 0.5) is 0 Å². The SMILES string of the molecule is CC(C)(C)[Si](c1ccccc1)c1ccccc1.[SnH]. The molecule has 0 aromatic heterocycles. The topological polar surface area (TPSA) is 0 Å². The van der Waals surface area contributed by atoms with Gasteiger partial charge in [-0.25, -0.2) is 0 Å². The summed E-state index contributed by atoms with van der Waals surface area (Å²) >= 11 is 0. The van der Waals surface area contributed by atoms with Gasteiger partial charge in [0.1, 0.15) is 8.80 Å². The van der Waals surface area contributed by atoms with Crippen LogP contribution in [-0.4, -0.2) is 32.7 Å². The minimum absolute atomic E-state index is 0. The van der Waals surface area contributed by atoms with Crippen LogP contribution in [0.5, 0.6) is 0 Å². The monoisotopic (exact) mass is 360 g/mol. The van der Waals surface area contributed by atoms with Crippen LogP contribution in [0.2, 0.25) is 5.04 Å². The van der Waals surface area contributed by atoms with E-state index in [4.69, 9.17) is 0 Å². The number of hydrogen-bond donors (Lipinski definition) is 0. The second-order valence-corrected chi connectivity index (χ2v) is 8.76. The minimum atomic E-state index is -0.715. The molecule has 18 heavy (non-hydrogen) atoms. The van der Waals surface area contributed by atoms with Gasteiger partial charge >= 0.3 is 23.9 Å². The Balaban J connectivity index is 0.00000162. The first-order valence-corrected chi connectivity index (χ1v) is 7.57. The fourth-order valence-corrected chi connectivity index (χ4v) is 5.36. The van der Waals surface area contributed by atoms with Crippen molar-refractivity contribution < 1.29 is 0 Å². The van der Waals surface area contributed by atoms with Gasteiger partial charge in [0.05, 0.1) is 0 Å². The molecule has 2 rings (SSSR count). The van der Waals surface area contributed by atoms with Gasteiger partial charge in [-0.05, 0) is 5.04 Å². The van der Waals surface area contributed by atoms with Gasteiger partial charge in [0.25, 0.3) is 0 Å². The molecule has 4 radical (unpaired) electrons. The molecule has 0 amide bonds. The van der Waals surface area contributed by atoms with Gasteiger partial charge < -0.3 is 0 Å². The summed E-state index contributed by atoms with van der Waals surface area (Å²) in [5.74, 6) is 0. The Hall–Kier alpha value is -0.544. The Labute approximate surface area is 129 Å². The van der Waals surface area contributed by atoms with Crippen molar-refractivity contribution in [3.05, 3.63) is 60.7 Å².